The number of ketones is 1. The molecule has 0 atom stereocenters. The molecule has 0 bridgehead atoms. The van der Waals surface area contributed by atoms with Gasteiger partial charge in [0.2, 0.25) is 5.78 Å². The highest BCUT2D eigenvalue weighted by atomic mass is 19.1. The third kappa shape index (κ3) is 3.49. The maximum atomic E-state index is 13.6. The van der Waals surface area contributed by atoms with Crippen LogP contribution in [-0.2, 0) is 0 Å². The molecule has 0 unspecified atom stereocenters. The highest BCUT2D eigenvalue weighted by Crippen LogP contribution is 2.23. The monoisotopic (exact) mass is 359 g/mol. The first-order chi connectivity index (χ1) is 12.4. The molecule has 0 N–H and O–H groups in total. The van der Waals surface area contributed by atoms with E-state index in [1.54, 1.807) is 25.1 Å². The molecule has 0 amide bonds. The van der Waals surface area contributed by atoms with Crippen LogP contribution in [0.25, 0.3) is 5.69 Å². The lowest BCUT2D eigenvalue weighted by atomic mass is 10.1. The quantitative estimate of drug-likeness (QED) is 0.614. The van der Waals surface area contributed by atoms with Crippen LogP contribution in [0.15, 0.2) is 48.5 Å². The van der Waals surface area contributed by atoms with Gasteiger partial charge in [-0.05, 0) is 56.3 Å². The zero-order chi connectivity index (χ0) is 18.8. The SMILES string of the molecule is Cc1cc(C(=O)COc2ccc(F)cc2F)c(C)n1-c1ccc(F)cc1. The van der Waals surface area contributed by atoms with E-state index in [0.717, 1.165) is 23.5 Å². The number of aromatic nitrogens is 1. The number of nitrogens with zero attached hydrogens (tertiary/aromatic N) is 1. The molecule has 1 aromatic heterocycles. The average Bonchev–Trinajstić information content (AvgIpc) is 2.89. The Balaban J connectivity index is 1.82. The summed E-state index contributed by atoms with van der Waals surface area (Å²) in [5, 5.41) is 0. The molecule has 134 valence electrons. The number of halogens is 3. The van der Waals surface area contributed by atoms with Crippen molar-refractivity contribution in [2.45, 2.75) is 13.8 Å². The Morgan fingerprint density at radius 3 is 2.27 bits per heavy atom. The lowest BCUT2D eigenvalue weighted by Crippen LogP contribution is -2.13. The number of benzene rings is 2. The maximum Gasteiger partial charge on any atom is 0.202 e. The van der Waals surface area contributed by atoms with Crippen LogP contribution in [0.3, 0.4) is 0 Å². The highest BCUT2D eigenvalue weighted by molar-refractivity contribution is 5.98. The zero-order valence-electron chi connectivity index (χ0n) is 14.2. The second-order valence-corrected chi connectivity index (χ2v) is 5.88. The minimum absolute atomic E-state index is 0.188. The standard InChI is InChI=1S/C20H16F3NO2/c1-12-9-17(13(2)24(12)16-6-3-14(21)4-7-16)19(25)11-26-20-8-5-15(22)10-18(20)23/h3-10H,11H2,1-2H3. The molecule has 0 aliphatic rings. The summed E-state index contributed by atoms with van der Waals surface area (Å²) in [6.45, 7) is 3.21. The van der Waals surface area contributed by atoms with Crippen LogP contribution in [0.4, 0.5) is 13.2 Å². The van der Waals surface area contributed by atoms with Crippen LogP contribution in [0.1, 0.15) is 21.7 Å². The molecule has 26 heavy (non-hydrogen) atoms. The Morgan fingerprint density at radius 2 is 1.62 bits per heavy atom. The maximum absolute atomic E-state index is 13.6. The van der Waals surface area contributed by atoms with E-state index in [-0.39, 0.29) is 24.0 Å². The molecule has 3 rings (SSSR count). The number of hydrogen-bond donors (Lipinski definition) is 0. The average molecular weight is 359 g/mol. The van der Waals surface area contributed by atoms with Crippen LogP contribution in [-0.4, -0.2) is 17.0 Å². The van der Waals surface area contributed by atoms with Gasteiger partial charge in [0.15, 0.2) is 18.2 Å². The van der Waals surface area contributed by atoms with Gasteiger partial charge in [-0.25, -0.2) is 13.2 Å². The molecule has 3 nitrogen and oxygen atoms in total. The van der Waals surface area contributed by atoms with Gasteiger partial charge < -0.3 is 9.30 Å². The molecule has 0 saturated heterocycles. The van der Waals surface area contributed by atoms with Gasteiger partial charge in [0.25, 0.3) is 0 Å². The van der Waals surface area contributed by atoms with E-state index >= 15 is 0 Å². The van der Waals surface area contributed by atoms with E-state index < -0.39 is 11.6 Å². The van der Waals surface area contributed by atoms with Gasteiger partial charge >= 0.3 is 0 Å². The van der Waals surface area contributed by atoms with Gasteiger partial charge in [-0.3, -0.25) is 4.79 Å². The minimum atomic E-state index is -0.866. The molecule has 0 spiro atoms. The Morgan fingerprint density at radius 1 is 0.962 bits per heavy atom. The first kappa shape index (κ1) is 17.8. The molecule has 0 radical (unpaired) electrons. The van der Waals surface area contributed by atoms with Crippen LogP contribution in [0, 0.1) is 31.3 Å². The Labute approximate surface area is 148 Å². The summed E-state index contributed by atoms with van der Waals surface area (Å²) in [7, 11) is 0. The number of carbonyl (C=O) groups is 1. The van der Waals surface area contributed by atoms with E-state index in [4.69, 9.17) is 4.74 Å². The first-order valence-corrected chi connectivity index (χ1v) is 7.92. The molecular formula is C20H16F3NO2. The van der Waals surface area contributed by atoms with Gasteiger partial charge in [-0.15, -0.1) is 0 Å². The molecular weight excluding hydrogens is 343 g/mol. The lowest BCUT2D eigenvalue weighted by molar-refractivity contribution is 0.0918. The summed E-state index contributed by atoms with van der Waals surface area (Å²) in [4.78, 5) is 12.5. The van der Waals surface area contributed by atoms with E-state index in [1.807, 2.05) is 11.5 Å². The Kier molecular flexibility index (Phi) is 4.84. The number of rotatable bonds is 5. The number of hydrogen-bond acceptors (Lipinski definition) is 2. The van der Waals surface area contributed by atoms with Crippen LogP contribution < -0.4 is 4.74 Å². The molecule has 0 fully saturated rings. The predicted molar refractivity (Wildman–Crippen MR) is 91.4 cm³/mol. The van der Waals surface area contributed by atoms with Crippen LogP contribution in [0.5, 0.6) is 5.75 Å². The second kappa shape index (κ2) is 7.07. The Hall–Kier alpha value is -3.02. The van der Waals surface area contributed by atoms with Crippen molar-refractivity contribution in [1.82, 2.24) is 4.57 Å². The topological polar surface area (TPSA) is 31.2 Å². The summed E-state index contributed by atoms with van der Waals surface area (Å²) >= 11 is 0. The molecule has 6 heteroatoms. The molecule has 2 aromatic carbocycles. The largest absolute Gasteiger partial charge is 0.482 e. The number of ether oxygens (including phenoxy) is 1. The molecule has 1 heterocycles. The second-order valence-electron chi connectivity index (χ2n) is 5.88. The van der Waals surface area contributed by atoms with Crippen molar-refractivity contribution in [2.75, 3.05) is 6.61 Å². The van der Waals surface area contributed by atoms with Crippen molar-refractivity contribution in [3.8, 4) is 11.4 Å². The third-order valence-electron chi connectivity index (χ3n) is 4.07. The molecule has 0 aliphatic carbocycles. The van der Waals surface area contributed by atoms with E-state index in [0.29, 0.717) is 17.3 Å². The van der Waals surface area contributed by atoms with E-state index in [2.05, 4.69) is 0 Å². The van der Waals surface area contributed by atoms with E-state index in [1.165, 1.54) is 12.1 Å². The highest BCUT2D eigenvalue weighted by Gasteiger charge is 2.18. The first-order valence-electron chi connectivity index (χ1n) is 7.92. The summed E-state index contributed by atoms with van der Waals surface area (Å²) in [5.74, 6) is -2.46. The smallest absolute Gasteiger partial charge is 0.202 e. The fraction of sp³-hybridized carbons (Fsp3) is 0.150. The lowest BCUT2D eigenvalue weighted by Gasteiger charge is -2.10. The number of aryl methyl sites for hydroxylation is 1. The van der Waals surface area contributed by atoms with Gasteiger partial charge in [0.1, 0.15) is 11.6 Å². The molecule has 3 aromatic rings. The summed E-state index contributed by atoms with van der Waals surface area (Å²) in [6.07, 6.45) is 0. The predicted octanol–water partition coefficient (Wildman–Crippen LogP) is 4.77. The Bertz CT molecular complexity index is 962. The fourth-order valence-corrected chi connectivity index (χ4v) is 2.85. The van der Waals surface area contributed by atoms with E-state index in [9.17, 15) is 18.0 Å². The zero-order valence-corrected chi connectivity index (χ0v) is 14.2. The van der Waals surface area contributed by atoms with Crippen molar-refractivity contribution in [3.05, 3.63) is 82.9 Å². The fourth-order valence-electron chi connectivity index (χ4n) is 2.85. The van der Waals surface area contributed by atoms with Crippen molar-refractivity contribution < 1.29 is 22.7 Å². The van der Waals surface area contributed by atoms with Crippen molar-refractivity contribution >= 4 is 5.78 Å². The van der Waals surface area contributed by atoms with Gasteiger partial charge in [0.05, 0.1) is 0 Å². The summed E-state index contributed by atoms with van der Waals surface area (Å²) in [6, 6.07) is 10.5. The molecule has 0 saturated carbocycles. The van der Waals surface area contributed by atoms with Crippen molar-refractivity contribution in [1.29, 1.82) is 0 Å². The van der Waals surface area contributed by atoms with Crippen molar-refractivity contribution in [2.24, 2.45) is 0 Å². The number of carbonyl (C=O) groups excluding carboxylic acids is 1. The van der Waals surface area contributed by atoms with Gasteiger partial charge in [-0.1, -0.05) is 0 Å². The normalized spacial score (nSPS) is 10.8. The molecule has 0 aliphatic heterocycles. The van der Waals surface area contributed by atoms with Crippen LogP contribution in [0.2, 0.25) is 0 Å². The van der Waals surface area contributed by atoms with Crippen molar-refractivity contribution in [3.63, 3.8) is 0 Å². The summed E-state index contributed by atoms with van der Waals surface area (Å²) < 4.78 is 46.6. The minimum Gasteiger partial charge on any atom is -0.482 e. The number of Topliss-reactive ketones (excluding diaryl/α,β-unsaturated/α-hetero) is 1. The third-order valence-corrected chi connectivity index (χ3v) is 4.07. The van der Waals surface area contributed by atoms with Gasteiger partial charge in [-0.2, -0.15) is 0 Å². The van der Waals surface area contributed by atoms with Crippen LogP contribution >= 0.6 is 0 Å². The van der Waals surface area contributed by atoms with Gasteiger partial charge in [0, 0.05) is 28.7 Å². The summed E-state index contributed by atoms with van der Waals surface area (Å²) in [5.41, 5.74) is 2.62.